The molecule has 0 fully saturated rings. The Morgan fingerprint density at radius 3 is 2.45 bits per heavy atom. The lowest BCUT2D eigenvalue weighted by Gasteiger charge is -2.12. The first kappa shape index (κ1) is 14.6. The smallest absolute Gasteiger partial charge is 0.240 e. The zero-order valence-corrected chi connectivity index (χ0v) is 11.3. The minimum Gasteiger partial charge on any atom is -0.387 e. The van der Waals surface area contributed by atoms with Gasteiger partial charge in [-0.3, -0.25) is 0 Å². The van der Waals surface area contributed by atoms with Crippen LogP contribution in [0, 0.1) is 5.82 Å². The number of benzene rings is 2. The largest absolute Gasteiger partial charge is 0.387 e. The van der Waals surface area contributed by atoms with Crippen molar-refractivity contribution in [2.24, 2.45) is 0 Å². The van der Waals surface area contributed by atoms with Crippen molar-refractivity contribution < 1.29 is 17.9 Å². The van der Waals surface area contributed by atoms with Crippen molar-refractivity contribution in [3.63, 3.8) is 0 Å². The fourth-order valence-corrected chi connectivity index (χ4v) is 2.77. The summed E-state index contributed by atoms with van der Waals surface area (Å²) >= 11 is 0. The Hall–Kier alpha value is -1.76. The van der Waals surface area contributed by atoms with Crippen LogP contribution < -0.4 is 4.72 Å². The van der Waals surface area contributed by atoms with E-state index in [1.807, 2.05) is 0 Å². The number of sulfonamides is 1. The van der Waals surface area contributed by atoms with Crippen molar-refractivity contribution in [1.29, 1.82) is 0 Å². The quantitative estimate of drug-likeness (QED) is 0.884. The molecule has 0 bridgehead atoms. The van der Waals surface area contributed by atoms with Gasteiger partial charge in [0.1, 0.15) is 5.82 Å². The first-order valence-corrected chi connectivity index (χ1v) is 7.45. The van der Waals surface area contributed by atoms with E-state index in [-0.39, 0.29) is 11.4 Å². The molecule has 4 nitrogen and oxygen atoms in total. The van der Waals surface area contributed by atoms with E-state index in [9.17, 15) is 17.9 Å². The molecule has 0 aromatic heterocycles. The van der Waals surface area contributed by atoms with Crippen LogP contribution in [0.1, 0.15) is 11.7 Å². The van der Waals surface area contributed by atoms with Gasteiger partial charge in [0, 0.05) is 6.54 Å². The standard InChI is InChI=1S/C14H14FNO3S/c15-12-7-4-8-13(9-12)20(18,19)16-10-14(17)11-5-2-1-3-6-11/h1-9,14,16-17H,10H2. The van der Waals surface area contributed by atoms with Crippen LogP contribution >= 0.6 is 0 Å². The second-order valence-corrected chi connectivity index (χ2v) is 6.00. The average molecular weight is 295 g/mol. The summed E-state index contributed by atoms with van der Waals surface area (Å²) in [4.78, 5) is -0.169. The summed E-state index contributed by atoms with van der Waals surface area (Å²) in [5.74, 6) is -0.628. The zero-order chi connectivity index (χ0) is 14.6. The normalized spacial score (nSPS) is 13.1. The topological polar surface area (TPSA) is 66.4 Å². The van der Waals surface area contributed by atoms with Gasteiger partial charge in [-0.2, -0.15) is 0 Å². The zero-order valence-electron chi connectivity index (χ0n) is 10.5. The number of hydrogen-bond acceptors (Lipinski definition) is 3. The number of halogens is 1. The van der Waals surface area contributed by atoms with Crippen LogP contribution in [0.25, 0.3) is 0 Å². The van der Waals surface area contributed by atoms with Gasteiger partial charge in [0.05, 0.1) is 11.0 Å². The van der Waals surface area contributed by atoms with Crippen molar-refractivity contribution in [1.82, 2.24) is 4.72 Å². The molecule has 2 N–H and O–H groups in total. The van der Waals surface area contributed by atoms with Crippen LogP contribution in [-0.4, -0.2) is 20.1 Å². The van der Waals surface area contributed by atoms with Gasteiger partial charge in [0.25, 0.3) is 0 Å². The predicted octanol–water partition coefficient (Wildman–Crippen LogP) is 1.84. The highest BCUT2D eigenvalue weighted by Gasteiger charge is 2.17. The molecular weight excluding hydrogens is 281 g/mol. The Bertz CT molecular complexity index is 674. The minimum absolute atomic E-state index is 0.169. The minimum atomic E-state index is -3.84. The number of rotatable bonds is 5. The van der Waals surface area contributed by atoms with Crippen LogP contribution in [0.4, 0.5) is 4.39 Å². The lowest BCUT2D eigenvalue weighted by molar-refractivity contribution is 0.182. The van der Waals surface area contributed by atoms with Gasteiger partial charge in [0.2, 0.25) is 10.0 Å². The summed E-state index contributed by atoms with van der Waals surface area (Å²) in [6, 6.07) is 13.4. The fourth-order valence-electron chi connectivity index (χ4n) is 1.70. The maximum absolute atomic E-state index is 13.0. The number of aliphatic hydroxyl groups is 1. The van der Waals surface area contributed by atoms with E-state index >= 15 is 0 Å². The van der Waals surface area contributed by atoms with Crippen LogP contribution in [0.15, 0.2) is 59.5 Å². The number of hydrogen-bond donors (Lipinski definition) is 2. The lowest BCUT2D eigenvalue weighted by Crippen LogP contribution is -2.28. The van der Waals surface area contributed by atoms with E-state index in [0.29, 0.717) is 5.56 Å². The van der Waals surface area contributed by atoms with E-state index in [1.54, 1.807) is 30.3 Å². The molecule has 0 amide bonds. The highest BCUT2D eigenvalue weighted by atomic mass is 32.2. The third kappa shape index (κ3) is 3.63. The first-order valence-electron chi connectivity index (χ1n) is 5.97. The number of nitrogens with one attached hydrogen (secondary N) is 1. The maximum atomic E-state index is 13.0. The molecule has 2 rings (SSSR count). The summed E-state index contributed by atoms with van der Waals surface area (Å²) in [5, 5.41) is 9.88. The predicted molar refractivity (Wildman–Crippen MR) is 73.0 cm³/mol. The Balaban J connectivity index is 2.07. The second kappa shape index (κ2) is 6.13. The monoisotopic (exact) mass is 295 g/mol. The van der Waals surface area contributed by atoms with Crippen molar-refractivity contribution >= 4 is 10.0 Å². The molecule has 1 unspecified atom stereocenters. The Kier molecular flexibility index (Phi) is 4.49. The van der Waals surface area contributed by atoms with Crippen LogP contribution in [0.2, 0.25) is 0 Å². The molecule has 2 aromatic carbocycles. The SMILES string of the molecule is O=S(=O)(NCC(O)c1ccccc1)c1cccc(F)c1. The van der Waals surface area contributed by atoms with Crippen LogP contribution in [0.5, 0.6) is 0 Å². The average Bonchev–Trinajstić information content (AvgIpc) is 2.46. The highest BCUT2D eigenvalue weighted by Crippen LogP contribution is 2.14. The molecule has 0 heterocycles. The summed E-state index contributed by atoms with van der Waals surface area (Å²) in [7, 11) is -3.84. The molecule has 0 saturated heterocycles. The number of aliphatic hydroxyl groups excluding tert-OH is 1. The van der Waals surface area contributed by atoms with E-state index in [1.165, 1.54) is 12.1 Å². The lowest BCUT2D eigenvalue weighted by atomic mass is 10.1. The van der Waals surface area contributed by atoms with Crippen molar-refractivity contribution in [3.8, 4) is 0 Å². The summed E-state index contributed by atoms with van der Waals surface area (Å²) in [5.41, 5.74) is 0.606. The van der Waals surface area contributed by atoms with Gasteiger partial charge in [-0.15, -0.1) is 0 Å². The van der Waals surface area contributed by atoms with E-state index < -0.39 is 21.9 Å². The third-order valence-electron chi connectivity index (χ3n) is 2.76. The molecular formula is C14H14FNO3S. The molecule has 20 heavy (non-hydrogen) atoms. The second-order valence-electron chi connectivity index (χ2n) is 4.24. The van der Waals surface area contributed by atoms with Gasteiger partial charge in [-0.1, -0.05) is 36.4 Å². The van der Waals surface area contributed by atoms with Crippen molar-refractivity contribution in [2.45, 2.75) is 11.0 Å². The molecule has 0 aliphatic carbocycles. The summed E-state index contributed by atoms with van der Waals surface area (Å²) in [6.07, 6.45) is -0.959. The van der Waals surface area contributed by atoms with E-state index in [0.717, 1.165) is 12.1 Å². The molecule has 106 valence electrons. The van der Waals surface area contributed by atoms with Crippen molar-refractivity contribution in [2.75, 3.05) is 6.54 Å². The van der Waals surface area contributed by atoms with Crippen LogP contribution in [0.3, 0.4) is 0 Å². The fraction of sp³-hybridized carbons (Fsp3) is 0.143. The van der Waals surface area contributed by atoms with E-state index in [2.05, 4.69) is 4.72 Å². The van der Waals surface area contributed by atoms with Gasteiger partial charge in [0.15, 0.2) is 0 Å². The molecule has 0 saturated carbocycles. The highest BCUT2D eigenvalue weighted by molar-refractivity contribution is 7.89. The van der Waals surface area contributed by atoms with Gasteiger partial charge < -0.3 is 5.11 Å². The molecule has 0 aliphatic rings. The molecule has 0 spiro atoms. The van der Waals surface area contributed by atoms with Crippen molar-refractivity contribution in [3.05, 3.63) is 66.0 Å². The Morgan fingerprint density at radius 2 is 1.80 bits per heavy atom. The summed E-state index contributed by atoms with van der Waals surface area (Å²) in [6.45, 7) is -0.178. The molecule has 2 aromatic rings. The summed E-state index contributed by atoms with van der Waals surface area (Å²) < 4.78 is 39.1. The molecule has 1 atom stereocenters. The molecule has 6 heteroatoms. The van der Waals surface area contributed by atoms with Gasteiger partial charge >= 0.3 is 0 Å². The van der Waals surface area contributed by atoms with E-state index in [4.69, 9.17) is 0 Å². The first-order chi connectivity index (χ1) is 9.49. The maximum Gasteiger partial charge on any atom is 0.240 e. The Labute approximate surface area is 116 Å². The van der Waals surface area contributed by atoms with Gasteiger partial charge in [-0.05, 0) is 23.8 Å². The Morgan fingerprint density at radius 1 is 1.10 bits per heavy atom. The van der Waals surface area contributed by atoms with Crippen LogP contribution in [-0.2, 0) is 10.0 Å². The van der Waals surface area contributed by atoms with Gasteiger partial charge in [-0.25, -0.2) is 17.5 Å². The third-order valence-corrected chi connectivity index (χ3v) is 4.18. The molecule has 0 radical (unpaired) electrons. The molecule has 0 aliphatic heterocycles.